The van der Waals surface area contributed by atoms with Gasteiger partial charge in [-0.3, -0.25) is 4.79 Å². The first kappa shape index (κ1) is 17.4. The molecule has 3 rings (SSSR count). The van der Waals surface area contributed by atoms with E-state index in [0.29, 0.717) is 5.13 Å². The molecule has 1 fully saturated rings. The maximum absolute atomic E-state index is 12.2. The number of nitrogens with zero attached hydrogens (tertiary/aromatic N) is 1. The van der Waals surface area contributed by atoms with Gasteiger partial charge in [0.2, 0.25) is 5.91 Å². The number of carbonyl (C=O) groups is 1. The molecule has 118 valence electrons. The molecule has 1 aliphatic heterocycles. The van der Waals surface area contributed by atoms with E-state index in [4.69, 9.17) is 0 Å². The van der Waals surface area contributed by atoms with Gasteiger partial charge in [-0.25, -0.2) is 4.98 Å². The Morgan fingerprint density at radius 3 is 2.64 bits per heavy atom. The lowest BCUT2D eigenvalue weighted by Crippen LogP contribution is -2.34. The van der Waals surface area contributed by atoms with Crippen LogP contribution in [0.1, 0.15) is 12.8 Å². The lowest BCUT2D eigenvalue weighted by atomic mass is 9.97. The molecule has 0 radical (unpaired) electrons. The Bertz CT molecular complexity index is 629. The SMILES string of the molecule is Cl.O=C(Nc1nc(-c2ccccc2)c(Br)s1)C1CCNCC1. The van der Waals surface area contributed by atoms with Crippen molar-refractivity contribution < 1.29 is 4.79 Å². The van der Waals surface area contributed by atoms with E-state index >= 15 is 0 Å². The number of aromatic nitrogens is 1. The third kappa shape index (κ3) is 4.07. The zero-order valence-corrected chi connectivity index (χ0v) is 15.1. The first-order valence-electron chi connectivity index (χ1n) is 6.97. The van der Waals surface area contributed by atoms with Crippen molar-refractivity contribution in [1.29, 1.82) is 0 Å². The molecule has 2 N–H and O–H groups in total. The van der Waals surface area contributed by atoms with E-state index in [0.717, 1.165) is 41.0 Å². The van der Waals surface area contributed by atoms with Gasteiger partial charge in [-0.05, 0) is 41.9 Å². The smallest absolute Gasteiger partial charge is 0.229 e. The average Bonchev–Trinajstić information content (AvgIpc) is 2.89. The molecule has 1 aliphatic rings. The van der Waals surface area contributed by atoms with Crippen molar-refractivity contribution in [3.63, 3.8) is 0 Å². The van der Waals surface area contributed by atoms with Gasteiger partial charge in [0.05, 0.1) is 9.48 Å². The highest BCUT2D eigenvalue weighted by Crippen LogP contribution is 2.35. The fraction of sp³-hybridized carbons (Fsp3) is 0.333. The molecule has 1 amide bonds. The van der Waals surface area contributed by atoms with E-state index in [1.54, 1.807) is 0 Å². The van der Waals surface area contributed by atoms with Gasteiger partial charge in [-0.15, -0.1) is 12.4 Å². The standard InChI is InChI=1S/C15H16BrN3OS.ClH/c16-13-12(10-4-2-1-3-5-10)18-15(21-13)19-14(20)11-6-8-17-9-7-11;/h1-5,11,17H,6-9H2,(H,18,19,20);1H. The zero-order chi connectivity index (χ0) is 14.7. The number of nitrogens with one attached hydrogen (secondary N) is 2. The van der Waals surface area contributed by atoms with Crippen LogP contribution in [-0.4, -0.2) is 24.0 Å². The summed E-state index contributed by atoms with van der Waals surface area (Å²) in [6.45, 7) is 1.82. The summed E-state index contributed by atoms with van der Waals surface area (Å²) in [5, 5.41) is 6.88. The largest absolute Gasteiger partial charge is 0.317 e. The van der Waals surface area contributed by atoms with E-state index in [1.165, 1.54) is 11.3 Å². The van der Waals surface area contributed by atoms with E-state index < -0.39 is 0 Å². The Morgan fingerprint density at radius 2 is 1.95 bits per heavy atom. The molecule has 0 saturated carbocycles. The Balaban J connectivity index is 0.00000176. The molecule has 1 saturated heterocycles. The number of hydrogen-bond donors (Lipinski definition) is 2. The predicted molar refractivity (Wildman–Crippen MR) is 96.7 cm³/mol. The molecule has 0 spiro atoms. The maximum Gasteiger partial charge on any atom is 0.229 e. The molecule has 0 bridgehead atoms. The third-order valence-corrected chi connectivity index (χ3v) is 5.19. The number of halogens is 2. The number of rotatable bonds is 3. The minimum absolute atomic E-state index is 0. The molecular formula is C15H17BrClN3OS. The number of thiazole rings is 1. The Labute approximate surface area is 148 Å². The van der Waals surface area contributed by atoms with Crippen LogP contribution in [0.4, 0.5) is 5.13 Å². The molecule has 2 aromatic rings. The van der Waals surface area contributed by atoms with Gasteiger partial charge in [0.15, 0.2) is 5.13 Å². The summed E-state index contributed by atoms with van der Waals surface area (Å²) >= 11 is 4.99. The molecule has 22 heavy (non-hydrogen) atoms. The van der Waals surface area contributed by atoms with E-state index in [1.807, 2.05) is 30.3 Å². The molecule has 7 heteroatoms. The normalized spacial score (nSPS) is 15.1. The van der Waals surface area contributed by atoms with Gasteiger partial charge in [0, 0.05) is 11.5 Å². The number of hydrogen-bond acceptors (Lipinski definition) is 4. The molecular weight excluding hydrogens is 386 g/mol. The molecule has 0 atom stereocenters. The number of anilines is 1. The number of amides is 1. The molecule has 0 unspecified atom stereocenters. The molecule has 1 aromatic carbocycles. The van der Waals surface area contributed by atoms with Crippen molar-refractivity contribution in [1.82, 2.24) is 10.3 Å². The van der Waals surface area contributed by atoms with Crippen LogP contribution in [0, 0.1) is 5.92 Å². The monoisotopic (exact) mass is 401 g/mol. The molecule has 1 aromatic heterocycles. The second-order valence-corrected chi connectivity index (χ2v) is 7.34. The summed E-state index contributed by atoms with van der Waals surface area (Å²) in [6, 6.07) is 9.96. The summed E-state index contributed by atoms with van der Waals surface area (Å²) in [6.07, 6.45) is 1.79. The number of carbonyl (C=O) groups excluding carboxylic acids is 1. The topological polar surface area (TPSA) is 54.0 Å². The van der Waals surface area contributed by atoms with Gasteiger partial charge in [-0.2, -0.15) is 0 Å². The summed E-state index contributed by atoms with van der Waals surface area (Å²) < 4.78 is 0.939. The molecule has 0 aliphatic carbocycles. The molecule has 4 nitrogen and oxygen atoms in total. The minimum atomic E-state index is 0. The Hall–Kier alpha value is -0.950. The molecule has 2 heterocycles. The van der Waals surface area contributed by atoms with Crippen molar-refractivity contribution in [3.8, 4) is 11.3 Å². The van der Waals surface area contributed by atoms with Crippen LogP contribution in [0.5, 0.6) is 0 Å². The van der Waals surface area contributed by atoms with E-state index in [9.17, 15) is 4.79 Å². The first-order valence-corrected chi connectivity index (χ1v) is 8.58. The fourth-order valence-corrected chi connectivity index (χ4v) is 3.92. The summed E-state index contributed by atoms with van der Waals surface area (Å²) in [7, 11) is 0. The zero-order valence-electron chi connectivity index (χ0n) is 11.8. The van der Waals surface area contributed by atoms with Gasteiger partial charge < -0.3 is 10.6 Å². The summed E-state index contributed by atoms with van der Waals surface area (Å²) in [5.74, 6) is 0.173. The highest BCUT2D eigenvalue weighted by Gasteiger charge is 2.22. The van der Waals surface area contributed by atoms with Gasteiger partial charge >= 0.3 is 0 Å². The summed E-state index contributed by atoms with van der Waals surface area (Å²) in [5.41, 5.74) is 1.92. The van der Waals surface area contributed by atoms with Crippen molar-refractivity contribution in [2.75, 3.05) is 18.4 Å². The van der Waals surface area contributed by atoms with Crippen molar-refractivity contribution in [2.45, 2.75) is 12.8 Å². The van der Waals surface area contributed by atoms with Gasteiger partial charge in [0.25, 0.3) is 0 Å². The van der Waals surface area contributed by atoms with Gasteiger partial charge in [0.1, 0.15) is 0 Å². The quantitative estimate of drug-likeness (QED) is 0.818. The van der Waals surface area contributed by atoms with Crippen molar-refractivity contribution in [2.24, 2.45) is 5.92 Å². The van der Waals surface area contributed by atoms with Crippen LogP contribution in [0.2, 0.25) is 0 Å². The van der Waals surface area contributed by atoms with Crippen LogP contribution in [-0.2, 0) is 4.79 Å². The van der Waals surface area contributed by atoms with E-state index in [2.05, 4.69) is 31.5 Å². The Kier molecular flexibility index (Phi) is 6.37. The highest BCUT2D eigenvalue weighted by molar-refractivity contribution is 9.11. The van der Waals surface area contributed by atoms with Crippen LogP contribution in [0.15, 0.2) is 34.1 Å². The highest BCUT2D eigenvalue weighted by atomic mass is 79.9. The first-order chi connectivity index (χ1) is 10.2. The summed E-state index contributed by atoms with van der Waals surface area (Å²) in [4.78, 5) is 16.8. The second kappa shape index (κ2) is 8.06. The van der Waals surface area contributed by atoms with Crippen LogP contribution < -0.4 is 10.6 Å². The van der Waals surface area contributed by atoms with Crippen LogP contribution >= 0.6 is 39.7 Å². The number of benzene rings is 1. The lowest BCUT2D eigenvalue weighted by Gasteiger charge is -2.20. The van der Waals surface area contributed by atoms with Gasteiger partial charge in [-0.1, -0.05) is 41.7 Å². The van der Waals surface area contributed by atoms with Crippen molar-refractivity contribution >= 4 is 50.7 Å². The maximum atomic E-state index is 12.2. The van der Waals surface area contributed by atoms with E-state index in [-0.39, 0.29) is 24.2 Å². The average molecular weight is 403 g/mol. The minimum Gasteiger partial charge on any atom is -0.317 e. The van der Waals surface area contributed by atoms with Crippen LogP contribution in [0.3, 0.4) is 0 Å². The number of piperidine rings is 1. The predicted octanol–water partition coefficient (Wildman–Crippen LogP) is 3.93. The van der Waals surface area contributed by atoms with Crippen LogP contribution in [0.25, 0.3) is 11.3 Å². The van der Waals surface area contributed by atoms with Crippen molar-refractivity contribution in [3.05, 3.63) is 34.1 Å². The second-order valence-electron chi connectivity index (χ2n) is 5.02. The Morgan fingerprint density at radius 1 is 1.27 bits per heavy atom. The third-order valence-electron chi connectivity index (χ3n) is 3.57. The fourth-order valence-electron chi connectivity index (χ4n) is 2.42. The lowest BCUT2D eigenvalue weighted by molar-refractivity contribution is -0.120.